The molecule has 8 atom stereocenters. The van der Waals surface area contributed by atoms with E-state index in [2.05, 4.69) is 40.7 Å². The summed E-state index contributed by atoms with van der Waals surface area (Å²) in [6.45, 7) is 16.8. The molecular weight excluding hydrogens is 488 g/mol. The van der Waals surface area contributed by atoms with Crippen molar-refractivity contribution in [3.8, 4) is 0 Å². The van der Waals surface area contributed by atoms with Gasteiger partial charge in [-0.3, -0.25) is 0 Å². The Balaban J connectivity index is 1.29. The van der Waals surface area contributed by atoms with Crippen LogP contribution in [0, 0.1) is 46.3 Å². The lowest BCUT2D eigenvalue weighted by molar-refractivity contribution is -0.0627. The lowest BCUT2D eigenvalue weighted by Gasteiger charge is -2.58. The molecule has 0 aliphatic heterocycles. The smallest absolute Gasteiger partial charge is 0.432 e. The van der Waals surface area contributed by atoms with Gasteiger partial charge in [0, 0.05) is 13.0 Å². The fourth-order valence-electron chi connectivity index (χ4n) is 9.47. The first-order chi connectivity index (χ1) is 18.7. The highest BCUT2D eigenvalue weighted by Gasteiger charge is 2.59. The van der Waals surface area contributed by atoms with Gasteiger partial charge >= 0.3 is 6.16 Å². The highest BCUT2D eigenvalue weighted by Crippen LogP contribution is 2.67. The van der Waals surface area contributed by atoms with E-state index in [0.717, 1.165) is 54.8 Å². The molecule has 0 aromatic carbocycles. The largest absolute Gasteiger partial charge is 0.508 e. The number of carbonyl (C=O) groups excluding carboxylic acids is 1. The third-order valence-corrected chi connectivity index (χ3v) is 11.5. The highest BCUT2D eigenvalue weighted by molar-refractivity contribution is 5.60. The zero-order chi connectivity index (χ0) is 28.0. The van der Waals surface area contributed by atoms with E-state index in [0.29, 0.717) is 31.8 Å². The van der Waals surface area contributed by atoms with Crippen LogP contribution in [0.25, 0.3) is 0 Å². The van der Waals surface area contributed by atoms with Crippen LogP contribution in [-0.2, 0) is 18.9 Å². The van der Waals surface area contributed by atoms with E-state index in [4.69, 9.17) is 18.9 Å². The fourth-order valence-corrected chi connectivity index (χ4v) is 9.47. The second kappa shape index (κ2) is 13.7. The van der Waals surface area contributed by atoms with E-state index in [-0.39, 0.29) is 18.1 Å². The third kappa shape index (κ3) is 7.05. The van der Waals surface area contributed by atoms with Gasteiger partial charge in [-0.25, -0.2) is 4.79 Å². The molecule has 0 bridgehead atoms. The Morgan fingerprint density at radius 2 is 1.72 bits per heavy atom. The van der Waals surface area contributed by atoms with Crippen molar-refractivity contribution in [1.82, 2.24) is 0 Å². The first-order valence-electron chi connectivity index (χ1n) is 16.4. The maximum Gasteiger partial charge on any atom is 0.508 e. The Morgan fingerprint density at radius 3 is 2.49 bits per heavy atom. The van der Waals surface area contributed by atoms with Gasteiger partial charge in [-0.2, -0.15) is 0 Å². The maximum atomic E-state index is 12.3. The summed E-state index contributed by atoms with van der Waals surface area (Å²) in [7, 11) is 0. The molecular formula is C34H58O5. The molecule has 5 heteroatoms. The Morgan fingerprint density at radius 1 is 0.949 bits per heavy atom. The molecule has 0 heterocycles. The molecule has 0 saturated heterocycles. The van der Waals surface area contributed by atoms with Crippen LogP contribution in [0.2, 0.25) is 0 Å². The molecule has 0 unspecified atom stereocenters. The van der Waals surface area contributed by atoms with Crippen molar-refractivity contribution in [2.75, 3.05) is 33.0 Å². The first-order valence-corrected chi connectivity index (χ1v) is 16.4. The van der Waals surface area contributed by atoms with E-state index in [9.17, 15) is 4.79 Å². The molecule has 0 N–H and O–H groups in total. The second-order valence-electron chi connectivity index (χ2n) is 14.2. The van der Waals surface area contributed by atoms with Crippen molar-refractivity contribution in [3.63, 3.8) is 0 Å². The van der Waals surface area contributed by atoms with E-state index < -0.39 is 6.16 Å². The summed E-state index contributed by atoms with van der Waals surface area (Å²) in [5.41, 5.74) is 2.34. The van der Waals surface area contributed by atoms with E-state index in [1.54, 1.807) is 5.57 Å². The van der Waals surface area contributed by atoms with Crippen LogP contribution in [0.4, 0.5) is 4.79 Å². The SMILES string of the molecule is CCOCCOCCOC(=O)O[C@@H]1CC[C@@]2(C)C(=CC[C@H]3[C@H]4CC[C@H]([C@H](C)CCCC(C)C)[C@@]4(C)CC[C@H]32)C1. The lowest BCUT2D eigenvalue weighted by atomic mass is 9.47. The summed E-state index contributed by atoms with van der Waals surface area (Å²) >= 11 is 0. The molecule has 0 radical (unpaired) electrons. The minimum absolute atomic E-state index is 0.0661. The number of rotatable bonds is 13. The van der Waals surface area contributed by atoms with Gasteiger partial charge in [-0.05, 0) is 98.2 Å². The molecule has 4 rings (SSSR count). The zero-order valence-corrected chi connectivity index (χ0v) is 26.0. The van der Waals surface area contributed by atoms with Gasteiger partial charge in [0.15, 0.2) is 0 Å². The molecule has 3 fully saturated rings. The maximum absolute atomic E-state index is 12.3. The van der Waals surface area contributed by atoms with Crippen molar-refractivity contribution < 1.29 is 23.7 Å². The molecule has 39 heavy (non-hydrogen) atoms. The summed E-state index contributed by atoms with van der Waals surface area (Å²) in [5, 5.41) is 0. The van der Waals surface area contributed by atoms with Gasteiger partial charge in [0.25, 0.3) is 0 Å². The monoisotopic (exact) mass is 546 g/mol. The van der Waals surface area contributed by atoms with Gasteiger partial charge in [-0.15, -0.1) is 0 Å². The van der Waals surface area contributed by atoms with Crippen molar-refractivity contribution in [2.24, 2.45) is 46.3 Å². The number of hydrogen-bond acceptors (Lipinski definition) is 5. The Kier molecular flexibility index (Phi) is 10.9. The average molecular weight is 547 g/mol. The molecule has 3 saturated carbocycles. The van der Waals surface area contributed by atoms with Gasteiger partial charge < -0.3 is 18.9 Å². The first kappa shape index (κ1) is 30.9. The molecule has 0 amide bonds. The van der Waals surface area contributed by atoms with Gasteiger partial charge in [0.2, 0.25) is 0 Å². The lowest BCUT2D eigenvalue weighted by Crippen LogP contribution is -2.51. The third-order valence-electron chi connectivity index (χ3n) is 11.5. The van der Waals surface area contributed by atoms with Crippen molar-refractivity contribution in [2.45, 2.75) is 118 Å². The summed E-state index contributed by atoms with van der Waals surface area (Å²) in [5.74, 6) is 5.07. The number of ether oxygens (including phenoxy) is 4. The number of fused-ring (bicyclic) bond motifs is 5. The summed E-state index contributed by atoms with van der Waals surface area (Å²) in [6.07, 6.45) is 15.9. The molecule has 5 nitrogen and oxygen atoms in total. The quantitative estimate of drug-likeness (QED) is 0.131. The Labute approximate surface area is 239 Å². The fraction of sp³-hybridized carbons (Fsp3) is 0.912. The topological polar surface area (TPSA) is 54.0 Å². The Bertz CT molecular complexity index is 822. The highest BCUT2D eigenvalue weighted by atomic mass is 16.7. The zero-order valence-electron chi connectivity index (χ0n) is 26.0. The minimum atomic E-state index is -0.556. The molecule has 4 aliphatic carbocycles. The average Bonchev–Trinajstić information content (AvgIpc) is 3.25. The second-order valence-corrected chi connectivity index (χ2v) is 14.2. The van der Waals surface area contributed by atoms with Crippen LogP contribution in [0.5, 0.6) is 0 Å². The van der Waals surface area contributed by atoms with Crippen LogP contribution in [0.15, 0.2) is 11.6 Å². The summed E-state index contributed by atoms with van der Waals surface area (Å²) in [6, 6.07) is 0. The van der Waals surface area contributed by atoms with E-state index in [1.807, 2.05) is 6.92 Å². The van der Waals surface area contributed by atoms with Gasteiger partial charge in [-0.1, -0.05) is 65.5 Å². The summed E-state index contributed by atoms with van der Waals surface area (Å²) in [4.78, 5) is 12.3. The van der Waals surface area contributed by atoms with Crippen LogP contribution >= 0.6 is 0 Å². The predicted octanol–water partition coefficient (Wildman–Crippen LogP) is 8.60. The van der Waals surface area contributed by atoms with Gasteiger partial charge in [0.05, 0.1) is 19.8 Å². The van der Waals surface area contributed by atoms with E-state index >= 15 is 0 Å². The van der Waals surface area contributed by atoms with Gasteiger partial charge in [0.1, 0.15) is 12.7 Å². The predicted molar refractivity (Wildman–Crippen MR) is 157 cm³/mol. The minimum Gasteiger partial charge on any atom is -0.432 e. The molecule has 0 aromatic rings. The number of carbonyl (C=O) groups is 1. The standard InChI is InChI=1S/C34H58O5/c1-7-36-19-20-37-21-22-38-32(35)39-27-15-17-33(5)26(23-27)11-12-28-30-14-13-29(25(4)10-8-9-24(2)3)34(30,6)18-16-31(28)33/h11,24-25,27-31H,7-10,12-23H2,1-6H3/t25-,27-,28+,29-,30-,31-,33+,34-/m1/s1. The normalized spacial score (nSPS) is 36.5. The molecule has 4 aliphatic rings. The molecule has 0 spiro atoms. The Hall–Kier alpha value is -1.07. The van der Waals surface area contributed by atoms with Crippen LogP contribution in [0.3, 0.4) is 0 Å². The van der Waals surface area contributed by atoms with Crippen molar-refractivity contribution >= 4 is 6.16 Å². The summed E-state index contributed by atoms with van der Waals surface area (Å²) < 4.78 is 21.7. The number of hydrogen-bond donors (Lipinski definition) is 0. The number of allylic oxidation sites excluding steroid dienone is 1. The molecule has 0 aromatic heterocycles. The van der Waals surface area contributed by atoms with Crippen LogP contribution in [-0.4, -0.2) is 45.3 Å². The van der Waals surface area contributed by atoms with Crippen molar-refractivity contribution in [1.29, 1.82) is 0 Å². The van der Waals surface area contributed by atoms with Crippen molar-refractivity contribution in [3.05, 3.63) is 11.6 Å². The molecule has 224 valence electrons. The van der Waals surface area contributed by atoms with E-state index in [1.165, 1.54) is 51.4 Å². The van der Waals surface area contributed by atoms with Crippen LogP contribution in [0.1, 0.15) is 112 Å². The van der Waals surface area contributed by atoms with Crippen LogP contribution < -0.4 is 0 Å².